The predicted molar refractivity (Wildman–Crippen MR) is 78.8 cm³/mol. The first-order valence-corrected chi connectivity index (χ1v) is 7.29. The number of ether oxygens (including phenoxy) is 1. The van der Waals surface area contributed by atoms with Gasteiger partial charge in [-0.25, -0.2) is 9.78 Å². The summed E-state index contributed by atoms with van der Waals surface area (Å²) in [5.41, 5.74) is 1.18. The van der Waals surface area contributed by atoms with Crippen molar-refractivity contribution in [2.24, 2.45) is 0 Å². The van der Waals surface area contributed by atoms with Crippen LogP contribution in [0.3, 0.4) is 0 Å². The second-order valence-corrected chi connectivity index (χ2v) is 5.83. The summed E-state index contributed by atoms with van der Waals surface area (Å²) in [6, 6.07) is 7.97. The maximum Gasteiger partial charge on any atom is 0.347 e. The van der Waals surface area contributed by atoms with Crippen LogP contribution < -0.4 is 4.74 Å². The van der Waals surface area contributed by atoms with E-state index in [2.05, 4.69) is 24.9 Å². The average molecular weight is 291 g/mol. The Balaban J connectivity index is 1.94. The number of benzene rings is 1. The number of carboxylic acids is 1. The van der Waals surface area contributed by atoms with E-state index in [0.717, 1.165) is 10.8 Å². The summed E-state index contributed by atoms with van der Waals surface area (Å²) >= 11 is 1.20. The minimum atomic E-state index is -0.931. The number of hydrogen-bond acceptors (Lipinski definition) is 4. The fourth-order valence-electron chi connectivity index (χ4n) is 1.86. The molecule has 1 N–H and O–H groups in total. The molecular weight excluding hydrogens is 274 g/mol. The van der Waals surface area contributed by atoms with Crippen LogP contribution in [0.2, 0.25) is 0 Å². The molecule has 0 atom stereocenters. The van der Waals surface area contributed by atoms with Gasteiger partial charge in [-0.05, 0) is 17.5 Å². The van der Waals surface area contributed by atoms with Crippen molar-refractivity contribution >= 4 is 17.3 Å². The van der Waals surface area contributed by atoms with Crippen LogP contribution in [0.25, 0.3) is 0 Å². The van der Waals surface area contributed by atoms with Crippen LogP contribution in [-0.2, 0) is 6.42 Å². The number of aromatic carboxylic acids is 1. The van der Waals surface area contributed by atoms with E-state index in [0.29, 0.717) is 18.9 Å². The highest BCUT2D eigenvalue weighted by atomic mass is 32.1. The molecule has 0 unspecified atom stereocenters. The minimum absolute atomic E-state index is 0.266. The van der Waals surface area contributed by atoms with Gasteiger partial charge in [0.1, 0.15) is 10.6 Å². The molecule has 1 aromatic heterocycles. The first-order chi connectivity index (χ1) is 9.58. The molecule has 20 heavy (non-hydrogen) atoms. The molecule has 0 amide bonds. The van der Waals surface area contributed by atoms with E-state index in [4.69, 9.17) is 9.84 Å². The topological polar surface area (TPSA) is 59.4 Å². The minimum Gasteiger partial charge on any atom is -0.493 e. The Hall–Kier alpha value is -1.88. The molecule has 0 aliphatic rings. The lowest BCUT2D eigenvalue weighted by molar-refractivity contribution is 0.0702. The molecule has 0 aliphatic carbocycles. The van der Waals surface area contributed by atoms with Crippen molar-refractivity contribution in [1.29, 1.82) is 0 Å². The fraction of sp³-hybridized carbons (Fsp3) is 0.333. The highest BCUT2D eigenvalue weighted by molar-refractivity contribution is 7.13. The van der Waals surface area contributed by atoms with E-state index in [1.54, 1.807) is 0 Å². The van der Waals surface area contributed by atoms with Crippen molar-refractivity contribution in [2.75, 3.05) is 6.61 Å². The van der Waals surface area contributed by atoms with Crippen molar-refractivity contribution in [3.05, 3.63) is 45.9 Å². The zero-order valence-corrected chi connectivity index (χ0v) is 12.3. The van der Waals surface area contributed by atoms with E-state index < -0.39 is 5.97 Å². The molecule has 0 spiro atoms. The summed E-state index contributed by atoms with van der Waals surface area (Å²) in [4.78, 5) is 15.1. The molecule has 0 aliphatic heterocycles. The molecule has 2 aromatic rings. The second-order valence-electron chi connectivity index (χ2n) is 4.71. The predicted octanol–water partition coefficient (Wildman–Crippen LogP) is 3.59. The van der Waals surface area contributed by atoms with E-state index in [9.17, 15) is 4.79 Å². The summed E-state index contributed by atoms with van der Waals surface area (Å²) in [6.45, 7) is 4.75. The summed E-state index contributed by atoms with van der Waals surface area (Å²) in [7, 11) is 0. The van der Waals surface area contributed by atoms with Gasteiger partial charge < -0.3 is 9.84 Å². The van der Waals surface area contributed by atoms with Crippen molar-refractivity contribution in [3.63, 3.8) is 0 Å². The van der Waals surface area contributed by atoms with E-state index in [1.165, 1.54) is 23.1 Å². The molecule has 1 heterocycles. The Morgan fingerprint density at radius 3 is 2.80 bits per heavy atom. The largest absolute Gasteiger partial charge is 0.493 e. The molecule has 2 rings (SSSR count). The molecule has 106 valence electrons. The van der Waals surface area contributed by atoms with Crippen LogP contribution >= 0.6 is 11.3 Å². The van der Waals surface area contributed by atoms with Gasteiger partial charge in [0, 0.05) is 6.42 Å². The summed E-state index contributed by atoms with van der Waals surface area (Å²) in [5.74, 6) is 0.363. The highest BCUT2D eigenvalue weighted by Crippen LogP contribution is 2.26. The lowest BCUT2D eigenvalue weighted by atomic mass is 10.0. The third-order valence-corrected chi connectivity index (χ3v) is 3.92. The molecule has 0 bridgehead atoms. The Morgan fingerprint density at radius 1 is 1.40 bits per heavy atom. The van der Waals surface area contributed by atoms with Gasteiger partial charge in [0.15, 0.2) is 0 Å². The Bertz CT molecular complexity index is 592. The van der Waals surface area contributed by atoms with Gasteiger partial charge in [0.05, 0.1) is 17.8 Å². The number of thiazole rings is 1. The lowest BCUT2D eigenvalue weighted by Crippen LogP contribution is -2.03. The number of para-hydroxylation sites is 1. The summed E-state index contributed by atoms with van der Waals surface area (Å²) < 4.78 is 5.79. The quantitative estimate of drug-likeness (QED) is 0.883. The van der Waals surface area contributed by atoms with Crippen LogP contribution in [0, 0.1) is 0 Å². The van der Waals surface area contributed by atoms with Crippen LogP contribution in [0.5, 0.6) is 5.75 Å². The highest BCUT2D eigenvalue weighted by Gasteiger charge is 2.10. The standard InChI is InChI=1S/C15H17NO3S/c1-10(2)11-5-3-4-6-12(11)19-8-7-14-16-9-13(20-14)15(17)18/h3-6,9-10H,7-8H2,1-2H3,(H,17,18). The molecule has 4 nitrogen and oxygen atoms in total. The Kier molecular flexibility index (Phi) is 4.74. The number of aromatic nitrogens is 1. The number of carboxylic acid groups (broad SMARTS) is 1. The Morgan fingerprint density at radius 2 is 2.15 bits per heavy atom. The first kappa shape index (κ1) is 14.5. The fourth-order valence-corrected chi connectivity index (χ4v) is 2.60. The number of hydrogen-bond donors (Lipinski definition) is 1. The zero-order chi connectivity index (χ0) is 14.5. The number of carbonyl (C=O) groups is 1. The lowest BCUT2D eigenvalue weighted by Gasteiger charge is -2.13. The molecule has 0 saturated heterocycles. The summed E-state index contributed by atoms with van der Waals surface area (Å²) in [6.07, 6.45) is 2.01. The van der Waals surface area contributed by atoms with Gasteiger partial charge in [-0.1, -0.05) is 32.0 Å². The van der Waals surface area contributed by atoms with E-state index in [-0.39, 0.29) is 4.88 Å². The van der Waals surface area contributed by atoms with Crippen LogP contribution in [0.1, 0.15) is 40.0 Å². The van der Waals surface area contributed by atoms with E-state index in [1.807, 2.05) is 18.2 Å². The smallest absolute Gasteiger partial charge is 0.347 e. The number of nitrogens with zero attached hydrogens (tertiary/aromatic N) is 1. The van der Waals surface area contributed by atoms with Gasteiger partial charge in [-0.2, -0.15) is 0 Å². The van der Waals surface area contributed by atoms with E-state index >= 15 is 0 Å². The molecule has 0 radical (unpaired) electrons. The number of rotatable bonds is 6. The first-order valence-electron chi connectivity index (χ1n) is 6.47. The van der Waals surface area contributed by atoms with Gasteiger partial charge in [0.25, 0.3) is 0 Å². The second kappa shape index (κ2) is 6.52. The third-order valence-electron chi connectivity index (χ3n) is 2.88. The van der Waals surface area contributed by atoms with Gasteiger partial charge >= 0.3 is 5.97 Å². The van der Waals surface area contributed by atoms with Crippen LogP contribution in [-0.4, -0.2) is 22.7 Å². The van der Waals surface area contributed by atoms with Gasteiger partial charge in [-0.3, -0.25) is 0 Å². The monoisotopic (exact) mass is 291 g/mol. The summed E-state index contributed by atoms with van der Waals surface area (Å²) in [5, 5.41) is 9.62. The maximum atomic E-state index is 10.8. The van der Waals surface area contributed by atoms with Crippen LogP contribution in [0.4, 0.5) is 0 Å². The van der Waals surface area contributed by atoms with Crippen molar-refractivity contribution in [1.82, 2.24) is 4.98 Å². The Labute approximate surface area is 122 Å². The normalized spacial score (nSPS) is 10.8. The van der Waals surface area contributed by atoms with Crippen molar-refractivity contribution < 1.29 is 14.6 Å². The molecular formula is C15H17NO3S. The SMILES string of the molecule is CC(C)c1ccccc1OCCc1ncc(C(=O)O)s1. The third kappa shape index (κ3) is 3.57. The zero-order valence-electron chi connectivity index (χ0n) is 11.5. The molecule has 5 heteroatoms. The molecule has 0 fully saturated rings. The average Bonchev–Trinajstić information content (AvgIpc) is 2.88. The van der Waals surface area contributed by atoms with Gasteiger partial charge in [-0.15, -0.1) is 11.3 Å². The molecule has 0 saturated carbocycles. The van der Waals surface area contributed by atoms with Gasteiger partial charge in [0.2, 0.25) is 0 Å². The van der Waals surface area contributed by atoms with Crippen molar-refractivity contribution in [2.45, 2.75) is 26.2 Å². The molecule has 1 aromatic carbocycles. The van der Waals surface area contributed by atoms with Crippen LogP contribution in [0.15, 0.2) is 30.5 Å². The van der Waals surface area contributed by atoms with Crippen molar-refractivity contribution in [3.8, 4) is 5.75 Å². The maximum absolute atomic E-state index is 10.8.